The second kappa shape index (κ2) is 7.60. The van der Waals surface area contributed by atoms with E-state index in [1.54, 1.807) is 36.9 Å². The lowest BCUT2D eigenvalue weighted by Crippen LogP contribution is -2.49. The Hall–Kier alpha value is -2.18. The molecule has 2 aromatic rings. The van der Waals surface area contributed by atoms with E-state index in [1.807, 2.05) is 24.3 Å². The molecule has 2 N–H and O–H groups in total. The van der Waals surface area contributed by atoms with Gasteiger partial charge in [0.25, 0.3) is 5.91 Å². The Morgan fingerprint density at radius 2 is 1.81 bits per heavy atom. The standard InChI is InChI=1S/C18H21N2O5P/c1-24-15-7-9-16(10-8-15)26(23,25-2)20-12-14-6-4-3-5-13(14)11-17(20)18(21)19-22/h3-10,17,22H,11-12H2,1-2H3,(H,19,21)/t17-,26-/m1/s1. The highest BCUT2D eigenvalue weighted by Gasteiger charge is 2.43. The van der Waals surface area contributed by atoms with E-state index in [1.165, 1.54) is 11.8 Å². The van der Waals surface area contributed by atoms with Crippen LogP contribution in [-0.2, 0) is 26.8 Å². The van der Waals surface area contributed by atoms with Crippen LogP contribution in [0.5, 0.6) is 5.75 Å². The predicted octanol–water partition coefficient (Wildman–Crippen LogP) is 2.09. The molecule has 1 heterocycles. The molecule has 26 heavy (non-hydrogen) atoms. The minimum Gasteiger partial charge on any atom is -0.497 e. The van der Waals surface area contributed by atoms with Gasteiger partial charge in [0, 0.05) is 13.7 Å². The van der Waals surface area contributed by atoms with Gasteiger partial charge < -0.3 is 9.26 Å². The number of amides is 1. The zero-order valence-electron chi connectivity index (χ0n) is 14.6. The summed E-state index contributed by atoms with van der Waals surface area (Å²) in [6, 6.07) is 13.5. The lowest BCUT2D eigenvalue weighted by atomic mass is 9.95. The molecule has 2 atom stereocenters. The molecule has 0 aromatic heterocycles. The maximum atomic E-state index is 13.8. The van der Waals surface area contributed by atoms with Crippen molar-refractivity contribution in [2.45, 2.75) is 19.0 Å². The van der Waals surface area contributed by atoms with Crippen molar-refractivity contribution < 1.29 is 23.8 Å². The third-order valence-corrected chi connectivity index (χ3v) is 7.16. The number of benzene rings is 2. The number of fused-ring (bicyclic) bond motifs is 1. The van der Waals surface area contributed by atoms with Crippen LogP contribution in [0.4, 0.5) is 0 Å². The van der Waals surface area contributed by atoms with Gasteiger partial charge in [0.05, 0.1) is 12.4 Å². The van der Waals surface area contributed by atoms with E-state index in [9.17, 15) is 9.36 Å². The third kappa shape index (κ3) is 3.27. The van der Waals surface area contributed by atoms with E-state index in [2.05, 4.69) is 0 Å². The van der Waals surface area contributed by atoms with Crippen LogP contribution in [-0.4, -0.2) is 36.0 Å². The number of nitrogens with one attached hydrogen (secondary N) is 1. The first-order valence-corrected chi connectivity index (χ1v) is 9.69. The Bertz CT molecular complexity index is 840. The second-order valence-corrected chi connectivity index (χ2v) is 8.40. The first-order chi connectivity index (χ1) is 12.5. The average Bonchev–Trinajstić information content (AvgIpc) is 2.71. The van der Waals surface area contributed by atoms with Gasteiger partial charge in [0.2, 0.25) is 0 Å². The van der Waals surface area contributed by atoms with Crippen LogP contribution in [0.2, 0.25) is 0 Å². The van der Waals surface area contributed by atoms with Gasteiger partial charge in [-0.05, 0) is 41.8 Å². The minimum absolute atomic E-state index is 0.269. The summed E-state index contributed by atoms with van der Waals surface area (Å²) in [6.07, 6.45) is 0.325. The van der Waals surface area contributed by atoms with Gasteiger partial charge in [-0.15, -0.1) is 0 Å². The Labute approximate surface area is 152 Å². The number of hydroxylamine groups is 1. The molecule has 0 saturated carbocycles. The molecule has 0 radical (unpaired) electrons. The fraction of sp³-hybridized carbons (Fsp3) is 0.278. The minimum atomic E-state index is -3.53. The summed E-state index contributed by atoms with van der Waals surface area (Å²) in [6.45, 7) is 0.269. The van der Waals surface area contributed by atoms with Crippen molar-refractivity contribution in [1.29, 1.82) is 0 Å². The Balaban J connectivity index is 2.06. The van der Waals surface area contributed by atoms with Gasteiger partial charge in [0.1, 0.15) is 11.8 Å². The molecular formula is C18H21N2O5P. The van der Waals surface area contributed by atoms with Gasteiger partial charge in [-0.3, -0.25) is 14.6 Å². The van der Waals surface area contributed by atoms with Crippen LogP contribution in [0.1, 0.15) is 11.1 Å². The summed E-state index contributed by atoms with van der Waals surface area (Å²) in [5.74, 6) is 0.00957. The van der Waals surface area contributed by atoms with Crippen LogP contribution in [0.25, 0.3) is 0 Å². The van der Waals surface area contributed by atoms with Crippen molar-refractivity contribution in [3.8, 4) is 5.75 Å². The molecule has 0 saturated heterocycles. The molecule has 2 aromatic carbocycles. The highest BCUT2D eigenvalue weighted by Crippen LogP contribution is 2.53. The summed E-state index contributed by atoms with van der Waals surface area (Å²) >= 11 is 0. The molecule has 0 unspecified atom stereocenters. The molecule has 0 spiro atoms. The molecule has 1 amide bonds. The molecule has 1 aliphatic rings. The number of rotatable bonds is 5. The van der Waals surface area contributed by atoms with Crippen LogP contribution >= 0.6 is 7.52 Å². The summed E-state index contributed by atoms with van der Waals surface area (Å²) < 4.78 is 25.9. The van der Waals surface area contributed by atoms with Crippen LogP contribution in [0, 0.1) is 0 Å². The molecule has 1 aliphatic heterocycles. The SMILES string of the molecule is COc1ccc([P@@](=O)(OC)N2Cc3ccccc3C[C@@H]2C(=O)NO)cc1. The van der Waals surface area contributed by atoms with E-state index in [0.717, 1.165) is 11.1 Å². The van der Waals surface area contributed by atoms with Crippen molar-refractivity contribution >= 4 is 18.7 Å². The van der Waals surface area contributed by atoms with E-state index in [0.29, 0.717) is 17.5 Å². The fourth-order valence-electron chi connectivity index (χ4n) is 3.22. The van der Waals surface area contributed by atoms with Crippen LogP contribution < -0.4 is 15.5 Å². The number of nitrogens with zero attached hydrogens (tertiary/aromatic N) is 1. The van der Waals surface area contributed by atoms with Crippen molar-refractivity contribution in [3.63, 3.8) is 0 Å². The highest BCUT2D eigenvalue weighted by atomic mass is 31.2. The highest BCUT2D eigenvalue weighted by molar-refractivity contribution is 7.64. The molecular weight excluding hydrogens is 355 g/mol. The fourth-order valence-corrected chi connectivity index (χ4v) is 5.35. The van der Waals surface area contributed by atoms with Crippen molar-refractivity contribution in [3.05, 3.63) is 59.7 Å². The van der Waals surface area contributed by atoms with Crippen molar-refractivity contribution in [1.82, 2.24) is 10.2 Å². The Kier molecular flexibility index (Phi) is 5.44. The summed E-state index contributed by atoms with van der Waals surface area (Å²) in [4.78, 5) is 12.3. The Morgan fingerprint density at radius 3 is 2.38 bits per heavy atom. The number of ether oxygens (including phenoxy) is 1. The zero-order chi connectivity index (χ0) is 18.7. The third-order valence-electron chi connectivity index (χ3n) is 4.62. The molecule has 0 bridgehead atoms. The summed E-state index contributed by atoms with van der Waals surface area (Å²) in [7, 11) is -0.621. The largest absolute Gasteiger partial charge is 0.497 e. The Morgan fingerprint density at radius 1 is 1.15 bits per heavy atom. The average molecular weight is 376 g/mol. The van der Waals surface area contributed by atoms with Crippen molar-refractivity contribution in [2.75, 3.05) is 14.2 Å². The second-order valence-electron chi connectivity index (χ2n) is 5.96. The molecule has 8 heteroatoms. The number of carbonyl (C=O) groups excluding carboxylic acids is 1. The zero-order valence-corrected chi connectivity index (χ0v) is 15.5. The number of hydrogen-bond acceptors (Lipinski definition) is 5. The summed E-state index contributed by atoms with van der Waals surface area (Å²) in [5, 5.41) is 9.61. The van der Waals surface area contributed by atoms with Crippen molar-refractivity contribution in [2.24, 2.45) is 0 Å². The molecule has 0 aliphatic carbocycles. The lowest BCUT2D eigenvalue weighted by molar-refractivity contribution is -0.133. The monoisotopic (exact) mass is 376 g/mol. The topological polar surface area (TPSA) is 88.1 Å². The molecule has 0 fully saturated rings. The smallest absolute Gasteiger partial charge is 0.303 e. The van der Waals surface area contributed by atoms with Gasteiger partial charge in [-0.1, -0.05) is 24.3 Å². The van der Waals surface area contributed by atoms with E-state index < -0.39 is 19.5 Å². The van der Waals surface area contributed by atoms with Gasteiger partial charge in [-0.25, -0.2) is 10.2 Å². The first kappa shape index (κ1) is 18.6. The first-order valence-electron chi connectivity index (χ1n) is 8.11. The van der Waals surface area contributed by atoms with Gasteiger partial charge >= 0.3 is 7.52 Å². The van der Waals surface area contributed by atoms with Gasteiger partial charge in [-0.2, -0.15) is 0 Å². The maximum Gasteiger partial charge on any atom is 0.303 e. The molecule has 138 valence electrons. The van der Waals surface area contributed by atoms with Crippen LogP contribution in [0.15, 0.2) is 48.5 Å². The predicted molar refractivity (Wildman–Crippen MR) is 96.6 cm³/mol. The maximum absolute atomic E-state index is 13.8. The number of carbonyl (C=O) groups is 1. The molecule has 7 nitrogen and oxygen atoms in total. The number of hydrogen-bond donors (Lipinski definition) is 2. The quantitative estimate of drug-likeness (QED) is 0.472. The lowest BCUT2D eigenvalue weighted by Gasteiger charge is -2.39. The van der Waals surface area contributed by atoms with E-state index in [4.69, 9.17) is 14.5 Å². The van der Waals surface area contributed by atoms with E-state index >= 15 is 0 Å². The van der Waals surface area contributed by atoms with E-state index in [-0.39, 0.29) is 6.54 Å². The van der Waals surface area contributed by atoms with Crippen LogP contribution in [0.3, 0.4) is 0 Å². The molecule has 3 rings (SSSR count). The normalized spacial score (nSPS) is 19.3. The number of methoxy groups -OCH3 is 1. The van der Waals surface area contributed by atoms with Gasteiger partial charge in [0.15, 0.2) is 0 Å². The summed E-state index contributed by atoms with van der Waals surface area (Å²) in [5.41, 5.74) is 3.64.